The molecule has 0 unspecified atom stereocenters. The Kier molecular flexibility index (Phi) is 7.20. The van der Waals surface area contributed by atoms with E-state index in [4.69, 9.17) is 0 Å². The Labute approximate surface area is 102 Å². The SMILES string of the molecule is C=C(C)CC(=C(C)C)N(CCCC)C(C)C. The first-order valence-electron chi connectivity index (χ1n) is 6.47. The Balaban J connectivity index is 4.82. The summed E-state index contributed by atoms with van der Waals surface area (Å²) >= 11 is 0. The zero-order valence-corrected chi connectivity index (χ0v) is 12.1. The van der Waals surface area contributed by atoms with E-state index < -0.39 is 0 Å². The van der Waals surface area contributed by atoms with E-state index in [1.807, 2.05) is 0 Å². The zero-order chi connectivity index (χ0) is 12.7. The van der Waals surface area contributed by atoms with E-state index in [1.165, 1.54) is 36.2 Å². The molecule has 0 saturated heterocycles. The summed E-state index contributed by atoms with van der Waals surface area (Å²) in [5, 5.41) is 0. The van der Waals surface area contributed by atoms with E-state index in [2.05, 4.69) is 53.0 Å². The molecule has 0 atom stereocenters. The van der Waals surface area contributed by atoms with Gasteiger partial charge in [-0.3, -0.25) is 0 Å². The molecule has 0 amide bonds. The Bertz CT molecular complexity index is 244. The van der Waals surface area contributed by atoms with Crippen LogP contribution in [0.5, 0.6) is 0 Å². The van der Waals surface area contributed by atoms with Gasteiger partial charge in [0.15, 0.2) is 0 Å². The monoisotopic (exact) mass is 223 g/mol. The Hall–Kier alpha value is -0.720. The third kappa shape index (κ3) is 5.39. The van der Waals surface area contributed by atoms with Crippen molar-refractivity contribution < 1.29 is 0 Å². The van der Waals surface area contributed by atoms with E-state index in [9.17, 15) is 0 Å². The lowest BCUT2D eigenvalue weighted by Gasteiger charge is -2.33. The third-order valence-corrected chi connectivity index (χ3v) is 2.77. The molecule has 0 aromatic rings. The summed E-state index contributed by atoms with van der Waals surface area (Å²) in [5.74, 6) is 0. The molecular weight excluding hydrogens is 194 g/mol. The topological polar surface area (TPSA) is 3.24 Å². The normalized spacial score (nSPS) is 10.4. The molecule has 1 heteroatoms. The summed E-state index contributed by atoms with van der Waals surface area (Å²) in [5.41, 5.74) is 4.14. The van der Waals surface area contributed by atoms with Crippen molar-refractivity contribution in [2.75, 3.05) is 6.54 Å². The average Bonchev–Trinajstić information content (AvgIpc) is 2.15. The first-order valence-corrected chi connectivity index (χ1v) is 6.47. The summed E-state index contributed by atoms with van der Waals surface area (Å²) in [6.45, 7) is 18.5. The first kappa shape index (κ1) is 15.3. The summed E-state index contributed by atoms with van der Waals surface area (Å²) < 4.78 is 0. The highest BCUT2D eigenvalue weighted by molar-refractivity contribution is 5.16. The number of unbranched alkanes of at least 4 members (excludes halogenated alkanes) is 1. The number of hydrogen-bond donors (Lipinski definition) is 0. The maximum Gasteiger partial charge on any atom is 0.0230 e. The van der Waals surface area contributed by atoms with Crippen LogP contribution in [0.3, 0.4) is 0 Å². The lowest BCUT2D eigenvalue weighted by atomic mass is 10.1. The van der Waals surface area contributed by atoms with Crippen molar-refractivity contribution in [2.24, 2.45) is 0 Å². The molecule has 0 bridgehead atoms. The van der Waals surface area contributed by atoms with Gasteiger partial charge in [0.25, 0.3) is 0 Å². The van der Waals surface area contributed by atoms with Crippen LogP contribution in [0.2, 0.25) is 0 Å². The molecule has 1 nitrogen and oxygen atoms in total. The van der Waals surface area contributed by atoms with Crippen molar-refractivity contribution in [1.29, 1.82) is 0 Å². The third-order valence-electron chi connectivity index (χ3n) is 2.77. The summed E-state index contributed by atoms with van der Waals surface area (Å²) in [6, 6.07) is 0.579. The maximum atomic E-state index is 4.04. The summed E-state index contributed by atoms with van der Waals surface area (Å²) in [4.78, 5) is 2.54. The lowest BCUT2D eigenvalue weighted by molar-refractivity contribution is 0.270. The number of hydrogen-bond acceptors (Lipinski definition) is 1. The van der Waals surface area contributed by atoms with Crippen LogP contribution in [0.1, 0.15) is 60.8 Å². The fraction of sp³-hybridized carbons (Fsp3) is 0.733. The van der Waals surface area contributed by atoms with E-state index in [0.29, 0.717) is 6.04 Å². The van der Waals surface area contributed by atoms with Crippen molar-refractivity contribution in [2.45, 2.75) is 66.8 Å². The molecule has 0 aliphatic heterocycles. The van der Waals surface area contributed by atoms with Crippen molar-refractivity contribution in [3.8, 4) is 0 Å². The van der Waals surface area contributed by atoms with Gasteiger partial charge in [0.1, 0.15) is 0 Å². The van der Waals surface area contributed by atoms with Gasteiger partial charge in [-0.2, -0.15) is 0 Å². The minimum absolute atomic E-state index is 0.579. The molecule has 0 aromatic heterocycles. The molecule has 0 N–H and O–H groups in total. The summed E-state index contributed by atoms with van der Waals surface area (Å²) in [7, 11) is 0. The predicted molar refractivity (Wildman–Crippen MR) is 74.6 cm³/mol. The molecule has 94 valence electrons. The Morgan fingerprint density at radius 1 is 1.19 bits per heavy atom. The minimum atomic E-state index is 0.579. The quantitative estimate of drug-likeness (QED) is 0.563. The van der Waals surface area contributed by atoms with Crippen LogP contribution in [-0.4, -0.2) is 17.5 Å². The van der Waals surface area contributed by atoms with Gasteiger partial charge in [-0.15, -0.1) is 0 Å². The Morgan fingerprint density at radius 3 is 2.06 bits per heavy atom. The van der Waals surface area contributed by atoms with Crippen LogP contribution < -0.4 is 0 Å². The highest BCUT2D eigenvalue weighted by Crippen LogP contribution is 2.21. The average molecular weight is 223 g/mol. The maximum absolute atomic E-state index is 4.04. The van der Waals surface area contributed by atoms with Crippen molar-refractivity contribution >= 4 is 0 Å². The second-order valence-corrected chi connectivity index (χ2v) is 5.22. The number of rotatable bonds is 7. The largest absolute Gasteiger partial charge is 0.372 e. The van der Waals surface area contributed by atoms with Gasteiger partial charge in [0.2, 0.25) is 0 Å². The molecule has 0 radical (unpaired) electrons. The molecule has 0 spiro atoms. The van der Waals surface area contributed by atoms with Crippen LogP contribution >= 0.6 is 0 Å². The standard InChI is InChI=1S/C15H29N/c1-8-9-10-16(14(6)7)15(13(4)5)11-12(2)3/h14H,2,8-11H2,1,3-7H3. The molecule has 0 aliphatic carbocycles. The highest BCUT2D eigenvalue weighted by Gasteiger charge is 2.13. The zero-order valence-electron chi connectivity index (χ0n) is 12.1. The van der Waals surface area contributed by atoms with Crippen LogP contribution in [0.25, 0.3) is 0 Å². The second kappa shape index (κ2) is 7.54. The lowest BCUT2D eigenvalue weighted by Crippen LogP contribution is -2.32. The Morgan fingerprint density at radius 2 is 1.75 bits per heavy atom. The van der Waals surface area contributed by atoms with Crippen LogP contribution in [-0.2, 0) is 0 Å². The minimum Gasteiger partial charge on any atom is -0.372 e. The molecule has 0 saturated carbocycles. The fourth-order valence-electron chi connectivity index (χ4n) is 1.88. The van der Waals surface area contributed by atoms with Crippen molar-refractivity contribution in [3.63, 3.8) is 0 Å². The first-order chi connectivity index (χ1) is 7.40. The second-order valence-electron chi connectivity index (χ2n) is 5.22. The van der Waals surface area contributed by atoms with Crippen LogP contribution in [0.15, 0.2) is 23.4 Å². The molecule has 0 heterocycles. The smallest absolute Gasteiger partial charge is 0.0230 e. The molecule has 0 aromatic carbocycles. The van der Waals surface area contributed by atoms with Crippen molar-refractivity contribution in [1.82, 2.24) is 4.90 Å². The molecule has 0 rings (SSSR count). The van der Waals surface area contributed by atoms with Gasteiger partial charge in [-0.1, -0.05) is 31.1 Å². The molecule has 0 aliphatic rings. The van der Waals surface area contributed by atoms with Gasteiger partial charge >= 0.3 is 0 Å². The fourth-order valence-corrected chi connectivity index (χ4v) is 1.88. The van der Waals surface area contributed by atoms with Gasteiger partial charge in [0.05, 0.1) is 0 Å². The highest BCUT2D eigenvalue weighted by atomic mass is 15.2. The number of nitrogens with zero attached hydrogens (tertiary/aromatic N) is 1. The molecule has 0 fully saturated rings. The van der Waals surface area contributed by atoms with E-state index in [1.54, 1.807) is 0 Å². The van der Waals surface area contributed by atoms with Gasteiger partial charge in [0, 0.05) is 24.7 Å². The van der Waals surface area contributed by atoms with Crippen LogP contribution in [0.4, 0.5) is 0 Å². The molecule has 16 heavy (non-hydrogen) atoms. The van der Waals surface area contributed by atoms with E-state index in [0.717, 1.165) is 6.42 Å². The van der Waals surface area contributed by atoms with Gasteiger partial charge < -0.3 is 4.90 Å². The van der Waals surface area contributed by atoms with Gasteiger partial charge in [-0.25, -0.2) is 0 Å². The van der Waals surface area contributed by atoms with E-state index >= 15 is 0 Å². The molecular formula is C15H29N. The van der Waals surface area contributed by atoms with E-state index in [-0.39, 0.29) is 0 Å². The predicted octanol–water partition coefficient (Wildman–Crippen LogP) is 4.76. The van der Waals surface area contributed by atoms with Gasteiger partial charge in [-0.05, 0) is 41.0 Å². The number of allylic oxidation sites excluding steroid dienone is 2. The summed E-state index contributed by atoms with van der Waals surface area (Å²) in [6.07, 6.45) is 3.54. The van der Waals surface area contributed by atoms with Crippen LogP contribution in [0, 0.1) is 0 Å². The van der Waals surface area contributed by atoms with Crippen molar-refractivity contribution in [3.05, 3.63) is 23.4 Å².